The van der Waals surface area contributed by atoms with E-state index in [2.05, 4.69) is 17.3 Å². The van der Waals surface area contributed by atoms with Crippen molar-refractivity contribution >= 4 is 5.91 Å². The summed E-state index contributed by atoms with van der Waals surface area (Å²) in [5, 5.41) is 3.00. The Morgan fingerprint density at radius 3 is 2.72 bits per heavy atom. The molecule has 0 aliphatic carbocycles. The second-order valence-corrected chi connectivity index (χ2v) is 5.33. The van der Waals surface area contributed by atoms with Crippen LogP contribution in [0.3, 0.4) is 0 Å². The molecule has 1 unspecified atom stereocenters. The van der Waals surface area contributed by atoms with E-state index in [0.29, 0.717) is 0 Å². The Balaban J connectivity index is 1.73. The normalized spacial score (nSPS) is 20.0. The molecule has 2 rings (SSSR count). The maximum Gasteiger partial charge on any atom is 0.251 e. The van der Waals surface area contributed by atoms with Crippen LogP contribution in [0.15, 0.2) is 24.3 Å². The Bertz CT molecular complexity index is 399. The highest BCUT2D eigenvalue weighted by molar-refractivity contribution is 5.94. The Kier molecular flexibility index (Phi) is 4.37. The summed E-state index contributed by atoms with van der Waals surface area (Å²) < 4.78 is 0. The van der Waals surface area contributed by atoms with Gasteiger partial charge in [-0.1, -0.05) is 17.7 Å². The summed E-state index contributed by atoms with van der Waals surface area (Å²) in [6.07, 6.45) is 2.35. The molecular weight excluding hydrogens is 224 g/mol. The van der Waals surface area contributed by atoms with Gasteiger partial charge in [-0.2, -0.15) is 0 Å². The Hall–Kier alpha value is -1.35. The van der Waals surface area contributed by atoms with E-state index in [9.17, 15) is 4.79 Å². The topological polar surface area (TPSA) is 32.3 Å². The summed E-state index contributed by atoms with van der Waals surface area (Å²) in [6.45, 7) is 5.17. The molecule has 1 aromatic carbocycles. The maximum absolute atomic E-state index is 11.9. The van der Waals surface area contributed by atoms with Gasteiger partial charge in [0.25, 0.3) is 5.91 Å². The van der Waals surface area contributed by atoms with Gasteiger partial charge in [0.1, 0.15) is 0 Å². The summed E-state index contributed by atoms with van der Waals surface area (Å²) in [5.41, 5.74) is 1.93. The predicted molar refractivity (Wildman–Crippen MR) is 73.7 cm³/mol. The molecule has 1 aromatic rings. The first-order valence-corrected chi connectivity index (χ1v) is 6.68. The van der Waals surface area contributed by atoms with Crippen molar-refractivity contribution in [2.45, 2.75) is 19.8 Å². The zero-order valence-electron chi connectivity index (χ0n) is 11.3. The Morgan fingerprint density at radius 2 is 2.11 bits per heavy atom. The molecule has 0 saturated carbocycles. The summed E-state index contributed by atoms with van der Waals surface area (Å²) >= 11 is 0. The van der Waals surface area contributed by atoms with Crippen LogP contribution in [0.4, 0.5) is 0 Å². The molecule has 1 N–H and O–H groups in total. The predicted octanol–water partition coefficient (Wildman–Crippen LogP) is 2.07. The molecule has 1 saturated heterocycles. The van der Waals surface area contributed by atoms with Crippen molar-refractivity contribution < 1.29 is 4.79 Å². The molecule has 1 fully saturated rings. The summed E-state index contributed by atoms with van der Waals surface area (Å²) in [7, 11) is 2.16. The van der Waals surface area contributed by atoms with E-state index in [0.717, 1.165) is 24.4 Å². The number of benzene rings is 1. The molecule has 18 heavy (non-hydrogen) atoms. The molecular formula is C15H22N2O. The van der Waals surface area contributed by atoms with E-state index in [1.807, 2.05) is 31.2 Å². The fourth-order valence-electron chi connectivity index (χ4n) is 2.46. The van der Waals surface area contributed by atoms with Gasteiger partial charge in [-0.25, -0.2) is 0 Å². The fourth-order valence-corrected chi connectivity index (χ4v) is 2.46. The number of carbonyl (C=O) groups excluding carboxylic acids is 1. The van der Waals surface area contributed by atoms with Crippen molar-refractivity contribution in [3.05, 3.63) is 35.4 Å². The van der Waals surface area contributed by atoms with Gasteiger partial charge in [-0.15, -0.1) is 0 Å². The van der Waals surface area contributed by atoms with Crippen LogP contribution in [0.1, 0.15) is 28.8 Å². The zero-order valence-corrected chi connectivity index (χ0v) is 11.3. The van der Waals surface area contributed by atoms with E-state index in [-0.39, 0.29) is 5.91 Å². The Labute approximate surface area is 109 Å². The van der Waals surface area contributed by atoms with Crippen molar-refractivity contribution in [3.8, 4) is 0 Å². The monoisotopic (exact) mass is 246 g/mol. The molecule has 1 aliphatic rings. The minimum Gasteiger partial charge on any atom is -0.352 e. The molecule has 1 atom stereocenters. The highest BCUT2D eigenvalue weighted by atomic mass is 16.1. The number of nitrogens with zero attached hydrogens (tertiary/aromatic N) is 1. The van der Waals surface area contributed by atoms with Crippen LogP contribution in [-0.4, -0.2) is 37.5 Å². The van der Waals surface area contributed by atoms with Crippen molar-refractivity contribution in [1.29, 1.82) is 0 Å². The minimum atomic E-state index is 0.0429. The molecule has 0 aromatic heterocycles. The highest BCUT2D eigenvalue weighted by Crippen LogP contribution is 2.17. The van der Waals surface area contributed by atoms with Gasteiger partial charge in [0.15, 0.2) is 0 Å². The van der Waals surface area contributed by atoms with Gasteiger partial charge in [-0.05, 0) is 51.4 Å². The van der Waals surface area contributed by atoms with Gasteiger partial charge < -0.3 is 10.2 Å². The zero-order chi connectivity index (χ0) is 13.0. The van der Waals surface area contributed by atoms with Gasteiger partial charge in [0.2, 0.25) is 0 Å². The van der Waals surface area contributed by atoms with Gasteiger partial charge in [-0.3, -0.25) is 4.79 Å². The summed E-state index contributed by atoms with van der Waals surface area (Å²) in [4.78, 5) is 14.2. The number of nitrogens with one attached hydrogen (secondary N) is 1. The average molecular weight is 246 g/mol. The number of hydrogen-bond acceptors (Lipinski definition) is 2. The molecule has 0 bridgehead atoms. The highest BCUT2D eigenvalue weighted by Gasteiger charge is 2.18. The molecule has 0 radical (unpaired) electrons. The van der Waals surface area contributed by atoms with Crippen LogP contribution in [0.25, 0.3) is 0 Å². The minimum absolute atomic E-state index is 0.0429. The SMILES string of the molecule is Cc1ccc(C(=O)NCCC2CCN(C)C2)cc1. The lowest BCUT2D eigenvalue weighted by atomic mass is 10.1. The van der Waals surface area contributed by atoms with Crippen molar-refractivity contribution in [3.63, 3.8) is 0 Å². The second kappa shape index (κ2) is 6.01. The molecule has 3 nitrogen and oxygen atoms in total. The first-order chi connectivity index (χ1) is 8.65. The number of carbonyl (C=O) groups is 1. The third kappa shape index (κ3) is 3.57. The summed E-state index contributed by atoms with van der Waals surface area (Å²) in [6, 6.07) is 7.71. The van der Waals surface area contributed by atoms with E-state index in [1.54, 1.807) is 0 Å². The van der Waals surface area contributed by atoms with E-state index < -0.39 is 0 Å². The fraction of sp³-hybridized carbons (Fsp3) is 0.533. The lowest BCUT2D eigenvalue weighted by Gasteiger charge is -2.11. The van der Waals surface area contributed by atoms with Crippen LogP contribution in [0.2, 0.25) is 0 Å². The van der Waals surface area contributed by atoms with Crippen LogP contribution in [-0.2, 0) is 0 Å². The first kappa shape index (κ1) is 13.1. The largest absolute Gasteiger partial charge is 0.352 e. The van der Waals surface area contributed by atoms with Crippen molar-refractivity contribution in [1.82, 2.24) is 10.2 Å². The second-order valence-electron chi connectivity index (χ2n) is 5.33. The van der Waals surface area contributed by atoms with E-state index >= 15 is 0 Å². The van der Waals surface area contributed by atoms with Crippen LogP contribution < -0.4 is 5.32 Å². The number of aryl methyl sites for hydroxylation is 1. The molecule has 98 valence electrons. The maximum atomic E-state index is 11.9. The molecule has 1 heterocycles. The molecule has 1 amide bonds. The molecule has 1 aliphatic heterocycles. The lowest BCUT2D eigenvalue weighted by Crippen LogP contribution is -2.26. The standard InChI is InChI=1S/C15H22N2O/c1-12-3-5-14(6-4-12)15(18)16-9-7-13-8-10-17(2)11-13/h3-6,13H,7-11H2,1-2H3,(H,16,18). The first-order valence-electron chi connectivity index (χ1n) is 6.68. The van der Waals surface area contributed by atoms with Crippen LogP contribution in [0.5, 0.6) is 0 Å². The van der Waals surface area contributed by atoms with Gasteiger partial charge in [0, 0.05) is 18.7 Å². The number of rotatable bonds is 4. The van der Waals surface area contributed by atoms with Crippen LogP contribution >= 0.6 is 0 Å². The van der Waals surface area contributed by atoms with Crippen molar-refractivity contribution in [2.24, 2.45) is 5.92 Å². The Morgan fingerprint density at radius 1 is 1.39 bits per heavy atom. The number of likely N-dealkylation sites (tertiary alicyclic amines) is 1. The van der Waals surface area contributed by atoms with Crippen molar-refractivity contribution in [2.75, 3.05) is 26.7 Å². The van der Waals surface area contributed by atoms with Gasteiger partial charge >= 0.3 is 0 Å². The molecule has 3 heteroatoms. The van der Waals surface area contributed by atoms with E-state index in [1.165, 1.54) is 25.1 Å². The summed E-state index contributed by atoms with van der Waals surface area (Å²) in [5.74, 6) is 0.787. The van der Waals surface area contributed by atoms with Gasteiger partial charge in [0.05, 0.1) is 0 Å². The average Bonchev–Trinajstić information content (AvgIpc) is 2.76. The number of hydrogen-bond donors (Lipinski definition) is 1. The van der Waals surface area contributed by atoms with E-state index in [4.69, 9.17) is 0 Å². The van der Waals surface area contributed by atoms with Crippen LogP contribution in [0, 0.1) is 12.8 Å². The third-order valence-electron chi connectivity index (χ3n) is 3.64. The smallest absolute Gasteiger partial charge is 0.251 e. The quantitative estimate of drug-likeness (QED) is 0.882. The molecule has 0 spiro atoms. The lowest BCUT2D eigenvalue weighted by molar-refractivity contribution is 0.0951. The third-order valence-corrected chi connectivity index (χ3v) is 3.64. The number of amides is 1.